The van der Waals surface area contributed by atoms with Gasteiger partial charge in [-0.05, 0) is 39.1 Å². The van der Waals surface area contributed by atoms with E-state index in [1.807, 2.05) is 19.9 Å². The molecule has 1 aliphatic heterocycles. The molecule has 0 aliphatic carbocycles. The molecule has 8 nitrogen and oxygen atoms in total. The molecule has 0 bridgehead atoms. The summed E-state index contributed by atoms with van der Waals surface area (Å²) in [5.41, 5.74) is 1.08. The monoisotopic (exact) mass is 423 g/mol. The number of anilines is 1. The lowest BCUT2D eigenvalue weighted by atomic mass is 10.1. The summed E-state index contributed by atoms with van der Waals surface area (Å²) < 4.78 is 26.3. The molecule has 10 heteroatoms. The Morgan fingerprint density at radius 1 is 1.11 bits per heavy atom. The molecule has 1 aromatic heterocycles. The lowest BCUT2D eigenvalue weighted by Crippen LogP contribution is -2.49. The van der Waals surface area contributed by atoms with Gasteiger partial charge in [0.15, 0.2) is 0 Å². The summed E-state index contributed by atoms with van der Waals surface area (Å²) in [5, 5.41) is 0.226. The van der Waals surface area contributed by atoms with Crippen molar-refractivity contribution in [1.82, 2.24) is 19.6 Å². The van der Waals surface area contributed by atoms with E-state index in [1.165, 1.54) is 25.2 Å². The fourth-order valence-corrected chi connectivity index (χ4v) is 4.08. The zero-order valence-corrected chi connectivity index (χ0v) is 17.5. The summed E-state index contributed by atoms with van der Waals surface area (Å²) in [6.45, 7) is 5.98. The first-order valence-corrected chi connectivity index (χ1v) is 10.7. The van der Waals surface area contributed by atoms with Crippen LogP contribution in [-0.2, 0) is 10.0 Å². The molecule has 0 atom stereocenters. The predicted molar refractivity (Wildman–Crippen MR) is 107 cm³/mol. The summed E-state index contributed by atoms with van der Waals surface area (Å²) in [5.74, 6) is 1.27. The number of aryl methyl sites for hydroxylation is 2. The Labute approximate surface area is 169 Å². The molecule has 0 radical (unpaired) electrons. The van der Waals surface area contributed by atoms with Gasteiger partial charge in [-0.2, -0.15) is 0 Å². The SMILES string of the molecule is CNS(=O)(=O)c1ccc(Cl)c(C(=O)N2CCN(c3cc(C)nc(C)n3)CC2)c1. The van der Waals surface area contributed by atoms with Crippen molar-refractivity contribution < 1.29 is 13.2 Å². The number of nitrogens with one attached hydrogen (secondary N) is 1. The number of nitrogens with zero attached hydrogens (tertiary/aromatic N) is 4. The normalized spacial score (nSPS) is 15.0. The van der Waals surface area contributed by atoms with Crippen LogP contribution in [0.4, 0.5) is 5.82 Å². The summed E-state index contributed by atoms with van der Waals surface area (Å²) in [6, 6.07) is 6.05. The second kappa shape index (κ2) is 8.02. The molecule has 28 heavy (non-hydrogen) atoms. The molecular formula is C18H22ClN5O3S. The summed E-state index contributed by atoms with van der Waals surface area (Å²) in [7, 11) is -2.34. The average Bonchev–Trinajstić information content (AvgIpc) is 2.67. The second-order valence-electron chi connectivity index (χ2n) is 6.54. The third-order valence-corrected chi connectivity index (χ3v) is 6.33. The molecule has 1 aliphatic rings. The molecule has 0 saturated carbocycles. The van der Waals surface area contributed by atoms with Gasteiger partial charge in [0, 0.05) is 37.9 Å². The van der Waals surface area contributed by atoms with Gasteiger partial charge in [-0.1, -0.05) is 11.6 Å². The number of rotatable bonds is 4. The van der Waals surface area contributed by atoms with Gasteiger partial charge in [0.25, 0.3) is 5.91 Å². The molecule has 1 fully saturated rings. The number of halogens is 1. The van der Waals surface area contributed by atoms with Gasteiger partial charge in [0.05, 0.1) is 15.5 Å². The van der Waals surface area contributed by atoms with E-state index in [0.29, 0.717) is 32.0 Å². The number of sulfonamides is 1. The number of piperazine rings is 1. The van der Waals surface area contributed by atoms with E-state index in [9.17, 15) is 13.2 Å². The highest BCUT2D eigenvalue weighted by Gasteiger charge is 2.26. The van der Waals surface area contributed by atoms with Crippen molar-refractivity contribution >= 4 is 33.3 Å². The second-order valence-corrected chi connectivity index (χ2v) is 8.84. The van der Waals surface area contributed by atoms with Crippen molar-refractivity contribution in [3.05, 3.63) is 46.4 Å². The van der Waals surface area contributed by atoms with Gasteiger partial charge >= 0.3 is 0 Å². The van der Waals surface area contributed by atoms with Crippen LogP contribution in [0.3, 0.4) is 0 Å². The topological polar surface area (TPSA) is 95.5 Å². The van der Waals surface area contributed by atoms with Crippen molar-refractivity contribution in [1.29, 1.82) is 0 Å². The van der Waals surface area contributed by atoms with Crippen LogP contribution in [0.5, 0.6) is 0 Å². The van der Waals surface area contributed by atoms with Crippen LogP contribution >= 0.6 is 11.6 Å². The van der Waals surface area contributed by atoms with E-state index < -0.39 is 10.0 Å². The van der Waals surface area contributed by atoms with Gasteiger partial charge in [0.2, 0.25) is 10.0 Å². The Hall–Kier alpha value is -2.23. The standard InChI is InChI=1S/C18H22ClN5O3S/c1-12-10-17(22-13(2)21-12)23-6-8-24(9-7-23)18(25)15-11-14(4-5-16(15)19)28(26,27)20-3/h4-5,10-11,20H,6-9H2,1-3H3. The van der Waals surface area contributed by atoms with Crippen LogP contribution in [0.2, 0.25) is 5.02 Å². The van der Waals surface area contributed by atoms with Gasteiger partial charge < -0.3 is 9.80 Å². The third kappa shape index (κ3) is 4.26. The van der Waals surface area contributed by atoms with Crippen molar-refractivity contribution in [2.75, 3.05) is 38.1 Å². The molecule has 1 amide bonds. The van der Waals surface area contributed by atoms with Crippen LogP contribution < -0.4 is 9.62 Å². The number of amides is 1. The largest absolute Gasteiger partial charge is 0.353 e. The first-order chi connectivity index (χ1) is 13.2. The van der Waals surface area contributed by atoms with Crippen LogP contribution in [0.1, 0.15) is 21.9 Å². The van der Waals surface area contributed by atoms with Crippen molar-refractivity contribution in [2.45, 2.75) is 18.7 Å². The maximum atomic E-state index is 12.9. The Morgan fingerprint density at radius 2 is 1.79 bits per heavy atom. The zero-order chi connectivity index (χ0) is 20.5. The molecule has 1 N–H and O–H groups in total. The van der Waals surface area contributed by atoms with Crippen LogP contribution in [0.25, 0.3) is 0 Å². The predicted octanol–water partition coefficient (Wildman–Crippen LogP) is 1.62. The molecule has 0 unspecified atom stereocenters. The first kappa shape index (κ1) is 20.5. The molecule has 2 heterocycles. The van der Waals surface area contributed by atoms with E-state index in [0.717, 1.165) is 11.5 Å². The van der Waals surface area contributed by atoms with Crippen LogP contribution in [0.15, 0.2) is 29.2 Å². The Kier molecular flexibility index (Phi) is 5.87. The van der Waals surface area contributed by atoms with Crippen molar-refractivity contribution in [3.8, 4) is 0 Å². The zero-order valence-electron chi connectivity index (χ0n) is 15.9. The van der Waals surface area contributed by atoms with E-state index in [1.54, 1.807) is 4.90 Å². The minimum atomic E-state index is -3.66. The quantitative estimate of drug-likeness (QED) is 0.802. The highest BCUT2D eigenvalue weighted by atomic mass is 35.5. The summed E-state index contributed by atoms with van der Waals surface area (Å²) in [4.78, 5) is 25.5. The van der Waals surface area contributed by atoms with Crippen LogP contribution in [0, 0.1) is 13.8 Å². The third-order valence-electron chi connectivity index (χ3n) is 4.59. The molecule has 3 rings (SSSR count). The maximum Gasteiger partial charge on any atom is 0.255 e. The van der Waals surface area contributed by atoms with Crippen LogP contribution in [-0.4, -0.2) is 62.4 Å². The van der Waals surface area contributed by atoms with E-state index in [2.05, 4.69) is 19.6 Å². The number of benzene rings is 1. The molecule has 150 valence electrons. The summed E-state index contributed by atoms with van der Waals surface area (Å²) >= 11 is 6.17. The lowest BCUT2D eigenvalue weighted by molar-refractivity contribution is 0.0746. The van der Waals surface area contributed by atoms with Crippen molar-refractivity contribution in [3.63, 3.8) is 0 Å². The smallest absolute Gasteiger partial charge is 0.255 e. The minimum absolute atomic E-state index is 0.00771. The molecule has 1 aromatic carbocycles. The maximum absolute atomic E-state index is 12.9. The van der Waals surface area contributed by atoms with E-state index in [4.69, 9.17) is 11.6 Å². The number of hydrogen-bond acceptors (Lipinski definition) is 6. The van der Waals surface area contributed by atoms with Gasteiger partial charge in [-0.3, -0.25) is 4.79 Å². The molecular weight excluding hydrogens is 402 g/mol. The minimum Gasteiger partial charge on any atom is -0.353 e. The Balaban J connectivity index is 1.76. The number of carbonyl (C=O) groups excluding carboxylic acids is 1. The number of hydrogen-bond donors (Lipinski definition) is 1. The first-order valence-electron chi connectivity index (χ1n) is 8.81. The molecule has 1 saturated heterocycles. The highest BCUT2D eigenvalue weighted by Crippen LogP contribution is 2.23. The van der Waals surface area contributed by atoms with Crippen molar-refractivity contribution in [2.24, 2.45) is 0 Å². The number of carbonyl (C=O) groups is 1. The lowest BCUT2D eigenvalue weighted by Gasteiger charge is -2.35. The van der Waals surface area contributed by atoms with E-state index in [-0.39, 0.29) is 21.4 Å². The average molecular weight is 424 g/mol. The fourth-order valence-electron chi connectivity index (χ4n) is 3.12. The highest BCUT2D eigenvalue weighted by molar-refractivity contribution is 7.89. The van der Waals surface area contributed by atoms with Gasteiger partial charge in [-0.25, -0.2) is 23.1 Å². The Bertz CT molecular complexity index is 984. The van der Waals surface area contributed by atoms with Gasteiger partial charge in [0.1, 0.15) is 11.6 Å². The molecule has 0 spiro atoms. The van der Waals surface area contributed by atoms with Gasteiger partial charge in [-0.15, -0.1) is 0 Å². The fraction of sp³-hybridized carbons (Fsp3) is 0.389. The molecule has 2 aromatic rings. The Morgan fingerprint density at radius 3 is 2.39 bits per heavy atom. The summed E-state index contributed by atoms with van der Waals surface area (Å²) in [6.07, 6.45) is 0. The van der Waals surface area contributed by atoms with E-state index >= 15 is 0 Å². The number of aromatic nitrogens is 2.